The van der Waals surface area contributed by atoms with Crippen molar-refractivity contribution in [3.63, 3.8) is 0 Å². The quantitative estimate of drug-likeness (QED) is 0.838. The van der Waals surface area contributed by atoms with Crippen LogP contribution in [0.2, 0.25) is 0 Å². The molecule has 0 saturated carbocycles. The van der Waals surface area contributed by atoms with Crippen LogP contribution in [0.4, 0.5) is 11.4 Å². The first-order chi connectivity index (χ1) is 11.9. The van der Waals surface area contributed by atoms with Crippen molar-refractivity contribution in [2.24, 2.45) is 0 Å². The van der Waals surface area contributed by atoms with Crippen molar-refractivity contribution >= 4 is 11.4 Å². The molecule has 1 aliphatic heterocycles. The Morgan fingerprint density at radius 1 is 0.583 bits per heavy atom. The van der Waals surface area contributed by atoms with Crippen molar-refractivity contribution in [1.29, 1.82) is 0 Å². The van der Waals surface area contributed by atoms with Crippen LogP contribution in [0.15, 0.2) is 49.1 Å². The lowest BCUT2D eigenvalue weighted by Crippen LogP contribution is -2.36. The van der Waals surface area contributed by atoms with Gasteiger partial charge in [0.2, 0.25) is 0 Å². The molecule has 0 aliphatic carbocycles. The molecule has 6 nitrogen and oxygen atoms in total. The van der Waals surface area contributed by atoms with Crippen molar-refractivity contribution in [2.45, 2.75) is 0 Å². The molecule has 1 aliphatic rings. The zero-order valence-electron chi connectivity index (χ0n) is 13.9. The van der Waals surface area contributed by atoms with Gasteiger partial charge in [0, 0.05) is 62.3 Å². The van der Waals surface area contributed by atoms with Crippen LogP contribution in [0.5, 0.6) is 0 Å². The Bertz CT molecular complexity index is 517. The molecule has 0 unspecified atom stereocenters. The first-order valence-corrected chi connectivity index (χ1v) is 8.39. The summed E-state index contributed by atoms with van der Waals surface area (Å²) < 4.78 is 11.7. The molecule has 1 saturated heterocycles. The van der Waals surface area contributed by atoms with E-state index in [0.717, 1.165) is 37.6 Å². The SMILES string of the molecule is c1cc(N2CCOCCN(c3ccncc3)CCOCC2)ccn1. The molecular formula is C18H24N4O2. The van der Waals surface area contributed by atoms with Gasteiger partial charge in [-0.15, -0.1) is 0 Å². The third-order valence-electron chi connectivity index (χ3n) is 4.08. The van der Waals surface area contributed by atoms with E-state index in [-0.39, 0.29) is 0 Å². The summed E-state index contributed by atoms with van der Waals surface area (Å²) in [5, 5.41) is 0. The zero-order valence-corrected chi connectivity index (χ0v) is 13.9. The molecule has 3 rings (SSSR count). The summed E-state index contributed by atoms with van der Waals surface area (Å²) in [5.74, 6) is 0. The highest BCUT2D eigenvalue weighted by molar-refractivity contribution is 5.45. The zero-order chi connectivity index (χ0) is 16.5. The number of hydrogen-bond donors (Lipinski definition) is 0. The average Bonchev–Trinajstić information content (AvgIpc) is 2.64. The van der Waals surface area contributed by atoms with Crippen molar-refractivity contribution in [3.05, 3.63) is 49.1 Å². The lowest BCUT2D eigenvalue weighted by atomic mass is 10.3. The van der Waals surface area contributed by atoms with Gasteiger partial charge in [0.1, 0.15) is 0 Å². The predicted molar refractivity (Wildman–Crippen MR) is 94.5 cm³/mol. The number of pyridine rings is 2. The summed E-state index contributed by atoms with van der Waals surface area (Å²) in [6.07, 6.45) is 7.28. The Kier molecular flexibility index (Phi) is 6.39. The average molecular weight is 328 g/mol. The monoisotopic (exact) mass is 328 g/mol. The number of nitrogens with zero attached hydrogens (tertiary/aromatic N) is 4. The van der Waals surface area contributed by atoms with Crippen LogP contribution in [-0.2, 0) is 9.47 Å². The van der Waals surface area contributed by atoms with Gasteiger partial charge in [0.15, 0.2) is 0 Å². The fraction of sp³-hybridized carbons (Fsp3) is 0.444. The van der Waals surface area contributed by atoms with Gasteiger partial charge in [-0.1, -0.05) is 0 Å². The van der Waals surface area contributed by atoms with Gasteiger partial charge < -0.3 is 19.3 Å². The number of hydrogen-bond acceptors (Lipinski definition) is 6. The van der Waals surface area contributed by atoms with Crippen LogP contribution in [0.1, 0.15) is 0 Å². The highest BCUT2D eigenvalue weighted by Crippen LogP contribution is 2.13. The van der Waals surface area contributed by atoms with Crippen LogP contribution in [0, 0.1) is 0 Å². The molecule has 3 heterocycles. The van der Waals surface area contributed by atoms with Gasteiger partial charge in [0.05, 0.1) is 26.4 Å². The minimum Gasteiger partial charge on any atom is -0.378 e. The predicted octanol–water partition coefficient (Wildman–Crippen LogP) is 1.84. The molecule has 0 radical (unpaired) electrons. The lowest BCUT2D eigenvalue weighted by Gasteiger charge is -2.28. The molecule has 0 bridgehead atoms. The van der Waals surface area contributed by atoms with Gasteiger partial charge in [-0.2, -0.15) is 0 Å². The normalized spacial score (nSPS) is 17.8. The molecule has 0 amide bonds. The van der Waals surface area contributed by atoms with Crippen molar-refractivity contribution in [1.82, 2.24) is 9.97 Å². The Hall–Kier alpha value is -2.18. The first kappa shape index (κ1) is 16.7. The Morgan fingerprint density at radius 3 is 1.25 bits per heavy atom. The van der Waals surface area contributed by atoms with Crippen LogP contribution < -0.4 is 9.80 Å². The Labute approximate surface area is 143 Å². The summed E-state index contributed by atoms with van der Waals surface area (Å²) in [4.78, 5) is 12.7. The van der Waals surface area contributed by atoms with Crippen molar-refractivity contribution < 1.29 is 9.47 Å². The van der Waals surface area contributed by atoms with E-state index in [1.807, 2.05) is 49.1 Å². The van der Waals surface area contributed by atoms with Crippen molar-refractivity contribution in [2.75, 3.05) is 62.4 Å². The maximum atomic E-state index is 5.85. The third-order valence-corrected chi connectivity index (χ3v) is 4.08. The van der Waals surface area contributed by atoms with E-state index in [4.69, 9.17) is 9.47 Å². The molecule has 24 heavy (non-hydrogen) atoms. The minimum absolute atomic E-state index is 0.701. The summed E-state index contributed by atoms with van der Waals surface area (Å²) in [6, 6.07) is 8.10. The van der Waals surface area contributed by atoms with E-state index in [2.05, 4.69) is 19.8 Å². The second-order valence-electron chi connectivity index (χ2n) is 5.61. The number of anilines is 2. The van der Waals surface area contributed by atoms with E-state index in [1.54, 1.807) is 0 Å². The molecule has 1 fully saturated rings. The van der Waals surface area contributed by atoms with Crippen LogP contribution in [-0.4, -0.2) is 62.6 Å². The van der Waals surface area contributed by atoms with Crippen LogP contribution in [0.25, 0.3) is 0 Å². The van der Waals surface area contributed by atoms with Crippen LogP contribution >= 0.6 is 0 Å². The van der Waals surface area contributed by atoms with E-state index in [0.29, 0.717) is 26.4 Å². The summed E-state index contributed by atoms with van der Waals surface area (Å²) in [6.45, 7) is 6.20. The second kappa shape index (κ2) is 9.20. The molecule has 0 atom stereocenters. The van der Waals surface area contributed by atoms with E-state index in [1.165, 1.54) is 0 Å². The van der Waals surface area contributed by atoms with Gasteiger partial charge in [0.25, 0.3) is 0 Å². The number of aromatic nitrogens is 2. The van der Waals surface area contributed by atoms with Crippen molar-refractivity contribution in [3.8, 4) is 0 Å². The minimum atomic E-state index is 0.701. The summed E-state index contributed by atoms with van der Waals surface area (Å²) >= 11 is 0. The van der Waals surface area contributed by atoms with Gasteiger partial charge in [-0.25, -0.2) is 0 Å². The molecule has 128 valence electrons. The van der Waals surface area contributed by atoms with E-state index in [9.17, 15) is 0 Å². The van der Waals surface area contributed by atoms with E-state index >= 15 is 0 Å². The van der Waals surface area contributed by atoms with E-state index < -0.39 is 0 Å². The number of ether oxygens (including phenoxy) is 2. The molecule has 2 aromatic heterocycles. The largest absolute Gasteiger partial charge is 0.378 e. The fourth-order valence-electron chi connectivity index (χ4n) is 2.75. The molecule has 0 N–H and O–H groups in total. The molecule has 6 heteroatoms. The second-order valence-corrected chi connectivity index (χ2v) is 5.61. The highest BCUT2D eigenvalue weighted by atomic mass is 16.5. The highest BCUT2D eigenvalue weighted by Gasteiger charge is 2.10. The molecule has 2 aromatic rings. The molecular weight excluding hydrogens is 304 g/mol. The fourth-order valence-corrected chi connectivity index (χ4v) is 2.75. The standard InChI is InChI=1S/C18H24N4O2/c1-5-19-6-2-17(1)21-9-13-23-15-11-22(12-16-24-14-10-21)18-3-7-20-8-4-18/h1-8H,9-16H2. The number of rotatable bonds is 2. The summed E-state index contributed by atoms with van der Waals surface area (Å²) in [5.41, 5.74) is 2.32. The molecule has 0 aromatic carbocycles. The van der Waals surface area contributed by atoms with Gasteiger partial charge >= 0.3 is 0 Å². The molecule has 0 spiro atoms. The van der Waals surface area contributed by atoms with Gasteiger partial charge in [-0.05, 0) is 24.3 Å². The van der Waals surface area contributed by atoms with Gasteiger partial charge in [-0.3, -0.25) is 9.97 Å². The Morgan fingerprint density at radius 2 is 0.917 bits per heavy atom. The maximum Gasteiger partial charge on any atom is 0.0642 e. The first-order valence-electron chi connectivity index (χ1n) is 8.39. The maximum absolute atomic E-state index is 5.85. The lowest BCUT2D eigenvalue weighted by molar-refractivity contribution is 0.123. The topological polar surface area (TPSA) is 50.7 Å². The smallest absolute Gasteiger partial charge is 0.0642 e. The Balaban J connectivity index is 1.56. The van der Waals surface area contributed by atoms with Crippen LogP contribution in [0.3, 0.4) is 0 Å². The summed E-state index contributed by atoms with van der Waals surface area (Å²) in [7, 11) is 0. The third kappa shape index (κ3) is 4.91.